The Hall–Kier alpha value is -3.22. The van der Waals surface area contributed by atoms with Crippen LogP contribution >= 0.6 is 23.2 Å². The van der Waals surface area contributed by atoms with E-state index in [2.05, 4.69) is 5.32 Å². The molecular formula is C27H26Cl2N2O4. The molecule has 0 radical (unpaired) electrons. The van der Waals surface area contributed by atoms with Crippen molar-refractivity contribution >= 4 is 35.0 Å². The minimum absolute atomic E-state index is 0.157. The van der Waals surface area contributed by atoms with E-state index in [0.29, 0.717) is 53.0 Å². The third kappa shape index (κ3) is 5.89. The molecule has 8 heteroatoms. The van der Waals surface area contributed by atoms with Crippen molar-refractivity contribution in [1.29, 1.82) is 0 Å². The van der Waals surface area contributed by atoms with Crippen LogP contribution < -0.4 is 14.8 Å². The quantitative estimate of drug-likeness (QED) is 0.486. The summed E-state index contributed by atoms with van der Waals surface area (Å²) in [6.07, 6.45) is 1.03. The van der Waals surface area contributed by atoms with Crippen LogP contribution in [0.1, 0.15) is 27.0 Å². The van der Waals surface area contributed by atoms with Crippen molar-refractivity contribution in [1.82, 2.24) is 10.2 Å². The fourth-order valence-corrected chi connectivity index (χ4v) is 4.79. The van der Waals surface area contributed by atoms with Gasteiger partial charge in [0.05, 0.1) is 14.2 Å². The lowest BCUT2D eigenvalue weighted by Gasteiger charge is -2.32. The molecule has 0 fully saturated rings. The topological polar surface area (TPSA) is 67.9 Å². The van der Waals surface area contributed by atoms with Crippen LogP contribution in [0, 0.1) is 0 Å². The first-order chi connectivity index (χ1) is 16.9. The van der Waals surface area contributed by atoms with Crippen LogP contribution in [-0.2, 0) is 24.2 Å². The van der Waals surface area contributed by atoms with Crippen molar-refractivity contribution in [3.8, 4) is 11.5 Å². The zero-order valence-electron chi connectivity index (χ0n) is 19.5. The third-order valence-corrected chi connectivity index (χ3v) is 6.48. The van der Waals surface area contributed by atoms with Gasteiger partial charge in [-0.05, 0) is 53.4 Å². The second-order valence-electron chi connectivity index (χ2n) is 8.36. The standard InChI is InChI=1S/C27H26Cl2N2O4/c1-34-24-13-18-8-9-31(16-20(18)14-25(24)35-2)27(33)23(10-17-6-4-3-5-7-17)30-26(32)19-11-21(28)15-22(29)12-19/h3-7,11-15,23H,8-10,16H2,1-2H3,(H,30,32)/t23-/m1/s1. The molecule has 1 N–H and O–H groups in total. The van der Waals surface area contributed by atoms with E-state index in [4.69, 9.17) is 32.7 Å². The second kappa shape index (κ2) is 11.0. The predicted octanol–water partition coefficient (Wildman–Crippen LogP) is 4.94. The van der Waals surface area contributed by atoms with Gasteiger partial charge in [-0.25, -0.2) is 0 Å². The fraction of sp³-hybridized carbons (Fsp3) is 0.259. The highest BCUT2D eigenvalue weighted by molar-refractivity contribution is 6.35. The van der Waals surface area contributed by atoms with Gasteiger partial charge in [-0.2, -0.15) is 0 Å². The van der Waals surface area contributed by atoms with Crippen molar-refractivity contribution in [3.63, 3.8) is 0 Å². The molecule has 182 valence electrons. The molecule has 1 atom stereocenters. The van der Waals surface area contributed by atoms with Gasteiger partial charge in [-0.15, -0.1) is 0 Å². The Balaban J connectivity index is 1.58. The maximum atomic E-state index is 13.7. The number of methoxy groups -OCH3 is 2. The average molecular weight is 513 g/mol. The number of benzene rings is 3. The molecule has 0 spiro atoms. The molecule has 1 heterocycles. The van der Waals surface area contributed by atoms with Gasteiger partial charge in [0.1, 0.15) is 6.04 Å². The molecule has 1 aliphatic rings. The van der Waals surface area contributed by atoms with Crippen molar-refractivity contribution < 1.29 is 19.1 Å². The maximum absolute atomic E-state index is 13.7. The summed E-state index contributed by atoms with van der Waals surface area (Å²) in [6, 6.07) is 17.3. The molecule has 0 saturated heterocycles. The van der Waals surface area contributed by atoms with E-state index in [1.165, 1.54) is 12.1 Å². The SMILES string of the molecule is COc1cc2c(cc1OC)CN(C(=O)[C@@H](Cc1ccccc1)NC(=O)c1cc(Cl)cc(Cl)c1)CC2. The summed E-state index contributed by atoms with van der Waals surface area (Å²) in [7, 11) is 3.19. The molecule has 4 rings (SSSR count). The van der Waals surface area contributed by atoms with Gasteiger partial charge in [-0.3, -0.25) is 9.59 Å². The number of nitrogens with one attached hydrogen (secondary N) is 1. The monoisotopic (exact) mass is 512 g/mol. The highest BCUT2D eigenvalue weighted by Gasteiger charge is 2.30. The van der Waals surface area contributed by atoms with Gasteiger partial charge in [0.25, 0.3) is 5.91 Å². The van der Waals surface area contributed by atoms with Crippen LogP contribution in [0.25, 0.3) is 0 Å². The first-order valence-corrected chi connectivity index (χ1v) is 12.0. The fourth-order valence-electron chi connectivity index (χ4n) is 4.27. The predicted molar refractivity (Wildman–Crippen MR) is 137 cm³/mol. The van der Waals surface area contributed by atoms with Crippen molar-refractivity contribution in [3.05, 3.63) is 93.0 Å². The van der Waals surface area contributed by atoms with E-state index in [-0.39, 0.29) is 5.91 Å². The first kappa shape index (κ1) is 24.9. The zero-order valence-corrected chi connectivity index (χ0v) is 21.0. The van der Waals surface area contributed by atoms with Gasteiger partial charge in [0, 0.05) is 35.1 Å². The van der Waals surface area contributed by atoms with Crippen molar-refractivity contribution in [2.75, 3.05) is 20.8 Å². The van der Waals surface area contributed by atoms with E-state index in [1.807, 2.05) is 42.5 Å². The minimum atomic E-state index is -0.760. The number of carbonyl (C=O) groups excluding carboxylic acids is 2. The van der Waals surface area contributed by atoms with Gasteiger partial charge < -0.3 is 19.7 Å². The summed E-state index contributed by atoms with van der Waals surface area (Å²) in [4.78, 5) is 28.5. The summed E-state index contributed by atoms with van der Waals surface area (Å²) in [5, 5.41) is 3.61. The van der Waals surface area contributed by atoms with Gasteiger partial charge >= 0.3 is 0 Å². The molecule has 6 nitrogen and oxygen atoms in total. The highest BCUT2D eigenvalue weighted by atomic mass is 35.5. The molecule has 0 saturated carbocycles. The van der Waals surface area contributed by atoms with Gasteiger partial charge in [0.15, 0.2) is 11.5 Å². The average Bonchev–Trinajstić information content (AvgIpc) is 2.86. The summed E-state index contributed by atoms with van der Waals surface area (Å²) in [5.41, 5.74) is 3.35. The molecule has 35 heavy (non-hydrogen) atoms. The summed E-state index contributed by atoms with van der Waals surface area (Å²) >= 11 is 12.2. The molecule has 0 aliphatic carbocycles. The lowest BCUT2D eigenvalue weighted by molar-refractivity contribution is -0.134. The molecule has 0 unspecified atom stereocenters. The van der Waals surface area contributed by atoms with Crippen LogP contribution in [0.4, 0.5) is 0 Å². The Morgan fingerprint density at radius 1 is 0.943 bits per heavy atom. The Bertz CT molecular complexity index is 1210. The highest BCUT2D eigenvalue weighted by Crippen LogP contribution is 2.33. The summed E-state index contributed by atoms with van der Waals surface area (Å²) in [5.74, 6) is 0.719. The number of ether oxygens (including phenoxy) is 2. The molecule has 1 aliphatic heterocycles. The van der Waals surface area contributed by atoms with Crippen LogP contribution in [0.5, 0.6) is 11.5 Å². The van der Waals surface area contributed by atoms with E-state index in [9.17, 15) is 9.59 Å². The van der Waals surface area contributed by atoms with Gasteiger partial charge in [-0.1, -0.05) is 53.5 Å². The number of hydrogen-bond donors (Lipinski definition) is 1. The van der Waals surface area contributed by atoms with Crippen molar-refractivity contribution in [2.24, 2.45) is 0 Å². The largest absolute Gasteiger partial charge is 0.493 e. The number of amides is 2. The van der Waals surface area contributed by atoms with E-state index >= 15 is 0 Å². The van der Waals surface area contributed by atoms with E-state index in [1.54, 1.807) is 25.2 Å². The first-order valence-electron chi connectivity index (χ1n) is 11.2. The van der Waals surface area contributed by atoms with Gasteiger partial charge in [0.2, 0.25) is 5.91 Å². The Morgan fingerprint density at radius 2 is 1.57 bits per heavy atom. The Labute approximate surface area is 214 Å². The van der Waals surface area contributed by atoms with Crippen LogP contribution in [0.2, 0.25) is 10.0 Å². The molecular weight excluding hydrogens is 487 g/mol. The number of halogens is 2. The number of fused-ring (bicyclic) bond motifs is 1. The third-order valence-electron chi connectivity index (χ3n) is 6.04. The molecule has 0 bridgehead atoms. The number of nitrogens with zero attached hydrogens (tertiary/aromatic N) is 1. The smallest absolute Gasteiger partial charge is 0.252 e. The number of carbonyl (C=O) groups is 2. The summed E-state index contributed by atoms with van der Waals surface area (Å²) < 4.78 is 10.9. The second-order valence-corrected chi connectivity index (χ2v) is 9.23. The lowest BCUT2D eigenvalue weighted by Crippen LogP contribution is -2.50. The maximum Gasteiger partial charge on any atom is 0.252 e. The zero-order chi connectivity index (χ0) is 24.9. The summed E-state index contributed by atoms with van der Waals surface area (Å²) in [6.45, 7) is 0.949. The molecule has 0 aromatic heterocycles. The lowest BCUT2D eigenvalue weighted by atomic mass is 9.97. The molecule has 3 aromatic carbocycles. The van der Waals surface area contributed by atoms with Crippen LogP contribution in [-0.4, -0.2) is 43.5 Å². The molecule has 3 aromatic rings. The molecule has 2 amide bonds. The van der Waals surface area contributed by atoms with E-state index < -0.39 is 11.9 Å². The van der Waals surface area contributed by atoms with Crippen LogP contribution in [0.3, 0.4) is 0 Å². The van der Waals surface area contributed by atoms with Crippen molar-refractivity contribution in [2.45, 2.75) is 25.4 Å². The normalized spacial score (nSPS) is 13.5. The van der Waals surface area contributed by atoms with Crippen LogP contribution in [0.15, 0.2) is 60.7 Å². The number of rotatable bonds is 7. The minimum Gasteiger partial charge on any atom is -0.493 e. The number of hydrogen-bond acceptors (Lipinski definition) is 4. The van der Waals surface area contributed by atoms with E-state index in [0.717, 1.165) is 16.7 Å². The Kier molecular flexibility index (Phi) is 7.83. The Morgan fingerprint density at radius 3 is 2.20 bits per heavy atom.